The molecule has 8 nitrogen and oxygen atoms in total. The van der Waals surface area contributed by atoms with Crippen LogP contribution in [0.3, 0.4) is 0 Å². The van der Waals surface area contributed by atoms with E-state index in [1.54, 1.807) is 17.2 Å². The van der Waals surface area contributed by atoms with Crippen LogP contribution in [-0.4, -0.2) is 35.4 Å². The van der Waals surface area contributed by atoms with Crippen molar-refractivity contribution in [1.82, 2.24) is 34.8 Å². The smallest absolute Gasteiger partial charge is 0.220 e. The summed E-state index contributed by atoms with van der Waals surface area (Å²) in [6.07, 6.45) is 5.83. The maximum Gasteiger partial charge on any atom is 0.220 e. The lowest BCUT2D eigenvalue weighted by atomic mass is 10.1. The van der Waals surface area contributed by atoms with Crippen LogP contribution >= 0.6 is 0 Å². The molecule has 3 aromatic heterocycles. The van der Waals surface area contributed by atoms with Crippen molar-refractivity contribution in [2.45, 2.75) is 33.2 Å². The van der Waals surface area contributed by atoms with E-state index < -0.39 is 0 Å². The Labute approximate surface area is 145 Å². The van der Waals surface area contributed by atoms with Gasteiger partial charge in [-0.3, -0.25) is 9.48 Å². The number of nitrogens with zero attached hydrogens (tertiary/aromatic N) is 6. The SMILES string of the molecule is Cc1nn(C)c(C)c1CCC(=O)NCc1cccnc1-n1cncn1. The van der Waals surface area contributed by atoms with E-state index in [2.05, 4.69) is 25.5 Å². The molecule has 1 amide bonds. The summed E-state index contributed by atoms with van der Waals surface area (Å²) in [5.74, 6) is 0.662. The third-order valence-corrected chi connectivity index (χ3v) is 4.24. The van der Waals surface area contributed by atoms with Crippen LogP contribution in [0.5, 0.6) is 0 Å². The Morgan fingerprint density at radius 2 is 2.16 bits per heavy atom. The molecule has 0 spiro atoms. The summed E-state index contributed by atoms with van der Waals surface area (Å²) in [4.78, 5) is 20.5. The van der Waals surface area contributed by atoms with Crippen molar-refractivity contribution >= 4 is 5.91 Å². The fourth-order valence-corrected chi connectivity index (χ4v) is 2.79. The highest BCUT2D eigenvalue weighted by Crippen LogP contribution is 2.14. The number of nitrogens with one attached hydrogen (secondary N) is 1. The van der Waals surface area contributed by atoms with Gasteiger partial charge in [0.1, 0.15) is 12.7 Å². The van der Waals surface area contributed by atoms with E-state index in [0.717, 1.165) is 22.5 Å². The van der Waals surface area contributed by atoms with E-state index >= 15 is 0 Å². The quantitative estimate of drug-likeness (QED) is 0.730. The first kappa shape index (κ1) is 16.8. The van der Waals surface area contributed by atoms with Crippen molar-refractivity contribution in [3.63, 3.8) is 0 Å². The third kappa shape index (κ3) is 3.73. The summed E-state index contributed by atoms with van der Waals surface area (Å²) in [5, 5.41) is 11.4. The van der Waals surface area contributed by atoms with Gasteiger partial charge in [-0.15, -0.1) is 0 Å². The zero-order chi connectivity index (χ0) is 17.8. The number of hydrogen-bond acceptors (Lipinski definition) is 5. The maximum absolute atomic E-state index is 12.2. The summed E-state index contributed by atoms with van der Waals surface area (Å²) < 4.78 is 3.44. The van der Waals surface area contributed by atoms with E-state index in [4.69, 9.17) is 0 Å². The number of pyridine rings is 1. The van der Waals surface area contributed by atoms with Gasteiger partial charge in [-0.05, 0) is 31.9 Å². The minimum Gasteiger partial charge on any atom is -0.352 e. The predicted octanol–water partition coefficient (Wildman–Crippen LogP) is 1.26. The van der Waals surface area contributed by atoms with Crippen molar-refractivity contribution in [3.8, 4) is 5.82 Å². The van der Waals surface area contributed by atoms with Gasteiger partial charge in [0, 0.05) is 37.5 Å². The Bertz CT molecular complexity index is 867. The topological polar surface area (TPSA) is 90.5 Å². The molecule has 0 saturated heterocycles. The zero-order valence-electron chi connectivity index (χ0n) is 14.6. The normalized spacial score (nSPS) is 10.8. The van der Waals surface area contributed by atoms with Crippen LogP contribution in [-0.2, 0) is 24.8 Å². The molecule has 0 fully saturated rings. The Balaban J connectivity index is 1.60. The molecule has 0 unspecified atom stereocenters. The Hall–Kier alpha value is -3.03. The first-order chi connectivity index (χ1) is 12.1. The molecule has 0 bridgehead atoms. The molecule has 3 rings (SSSR count). The monoisotopic (exact) mass is 339 g/mol. The first-order valence-corrected chi connectivity index (χ1v) is 8.11. The van der Waals surface area contributed by atoms with Crippen LogP contribution in [0.1, 0.15) is 28.9 Å². The predicted molar refractivity (Wildman–Crippen MR) is 92.0 cm³/mol. The molecular weight excluding hydrogens is 318 g/mol. The Morgan fingerprint density at radius 1 is 1.32 bits per heavy atom. The first-order valence-electron chi connectivity index (χ1n) is 8.11. The lowest BCUT2D eigenvalue weighted by Crippen LogP contribution is -2.24. The second-order valence-electron chi connectivity index (χ2n) is 5.88. The largest absolute Gasteiger partial charge is 0.352 e. The van der Waals surface area contributed by atoms with Crippen molar-refractivity contribution in [2.24, 2.45) is 7.05 Å². The summed E-state index contributed by atoms with van der Waals surface area (Å²) in [6, 6.07) is 3.75. The van der Waals surface area contributed by atoms with Crippen molar-refractivity contribution in [1.29, 1.82) is 0 Å². The molecule has 0 aliphatic heterocycles. The molecule has 0 aliphatic carbocycles. The van der Waals surface area contributed by atoms with Gasteiger partial charge in [0.05, 0.1) is 5.69 Å². The van der Waals surface area contributed by atoms with Gasteiger partial charge < -0.3 is 5.32 Å². The maximum atomic E-state index is 12.2. The number of rotatable bonds is 6. The highest BCUT2D eigenvalue weighted by Gasteiger charge is 2.12. The summed E-state index contributed by atoms with van der Waals surface area (Å²) in [7, 11) is 1.92. The lowest BCUT2D eigenvalue weighted by molar-refractivity contribution is -0.121. The van der Waals surface area contributed by atoms with Gasteiger partial charge in [0.15, 0.2) is 5.82 Å². The molecular formula is C17H21N7O. The van der Waals surface area contributed by atoms with Crippen LogP contribution in [0.15, 0.2) is 31.0 Å². The van der Waals surface area contributed by atoms with E-state index in [9.17, 15) is 4.79 Å². The molecule has 130 valence electrons. The third-order valence-electron chi connectivity index (χ3n) is 4.24. The van der Waals surface area contributed by atoms with Crippen LogP contribution in [0.2, 0.25) is 0 Å². The van der Waals surface area contributed by atoms with Crippen LogP contribution < -0.4 is 5.32 Å². The molecule has 1 N–H and O–H groups in total. The number of amides is 1. The van der Waals surface area contributed by atoms with E-state index in [-0.39, 0.29) is 5.91 Å². The number of aryl methyl sites for hydroxylation is 2. The molecule has 3 aromatic rings. The molecule has 0 atom stereocenters. The molecule has 0 aliphatic rings. The number of carbonyl (C=O) groups excluding carboxylic acids is 1. The van der Waals surface area contributed by atoms with Crippen molar-refractivity contribution < 1.29 is 4.79 Å². The average molecular weight is 339 g/mol. The highest BCUT2D eigenvalue weighted by molar-refractivity contribution is 5.76. The summed E-state index contributed by atoms with van der Waals surface area (Å²) in [5.41, 5.74) is 4.11. The number of aromatic nitrogens is 6. The van der Waals surface area contributed by atoms with Gasteiger partial charge in [-0.2, -0.15) is 10.2 Å². The Kier molecular flexibility index (Phi) is 4.87. The van der Waals surface area contributed by atoms with Crippen molar-refractivity contribution in [3.05, 3.63) is 53.5 Å². The number of carbonyl (C=O) groups is 1. The Morgan fingerprint density at radius 3 is 2.84 bits per heavy atom. The van der Waals surface area contributed by atoms with Gasteiger partial charge in [-0.1, -0.05) is 6.07 Å². The van der Waals surface area contributed by atoms with E-state index in [0.29, 0.717) is 25.2 Å². The standard InChI is InChI=1S/C17H21N7O/c1-12-15(13(2)23(3)22-12)6-7-16(25)20-9-14-5-4-8-19-17(14)24-11-18-10-21-24/h4-5,8,10-11H,6-7,9H2,1-3H3,(H,20,25). The number of hydrogen-bond donors (Lipinski definition) is 1. The molecule has 8 heteroatoms. The van der Waals surface area contributed by atoms with Crippen LogP contribution in [0, 0.1) is 13.8 Å². The van der Waals surface area contributed by atoms with E-state index in [1.807, 2.05) is 37.7 Å². The molecule has 0 radical (unpaired) electrons. The second-order valence-corrected chi connectivity index (χ2v) is 5.88. The molecule has 25 heavy (non-hydrogen) atoms. The van der Waals surface area contributed by atoms with Gasteiger partial charge >= 0.3 is 0 Å². The average Bonchev–Trinajstić information content (AvgIpc) is 3.21. The fraction of sp³-hybridized carbons (Fsp3) is 0.353. The van der Waals surface area contributed by atoms with Gasteiger partial charge in [-0.25, -0.2) is 14.6 Å². The minimum absolute atomic E-state index is 0.00366. The van der Waals surface area contributed by atoms with Gasteiger partial charge in [0.25, 0.3) is 0 Å². The van der Waals surface area contributed by atoms with Crippen molar-refractivity contribution in [2.75, 3.05) is 0 Å². The van der Waals surface area contributed by atoms with E-state index in [1.165, 1.54) is 6.33 Å². The van der Waals surface area contributed by atoms with Crippen LogP contribution in [0.4, 0.5) is 0 Å². The fourth-order valence-electron chi connectivity index (χ4n) is 2.79. The zero-order valence-corrected chi connectivity index (χ0v) is 14.6. The van der Waals surface area contributed by atoms with Gasteiger partial charge in [0.2, 0.25) is 5.91 Å². The lowest BCUT2D eigenvalue weighted by Gasteiger charge is -2.09. The summed E-state index contributed by atoms with van der Waals surface area (Å²) >= 11 is 0. The summed E-state index contributed by atoms with van der Waals surface area (Å²) in [6.45, 7) is 4.39. The molecule has 0 saturated carbocycles. The molecule has 3 heterocycles. The molecule has 0 aromatic carbocycles. The second kappa shape index (κ2) is 7.25. The highest BCUT2D eigenvalue weighted by atomic mass is 16.1. The minimum atomic E-state index is -0.00366. The van der Waals surface area contributed by atoms with Crippen LogP contribution in [0.25, 0.3) is 5.82 Å².